The lowest BCUT2D eigenvalue weighted by atomic mass is 9.46. The summed E-state index contributed by atoms with van der Waals surface area (Å²) in [6, 6.07) is 0. The van der Waals surface area contributed by atoms with Gasteiger partial charge in [0.25, 0.3) is 0 Å². The summed E-state index contributed by atoms with van der Waals surface area (Å²) in [5.41, 5.74) is 0.795. The first-order valence-corrected chi connectivity index (χ1v) is 17.9. The van der Waals surface area contributed by atoms with Crippen molar-refractivity contribution in [2.45, 2.75) is 156 Å². The molecule has 2 saturated heterocycles. The standard InChI is InChI=1S/C34H57NO5.C2H6/c1-7-37-29(31(4,5)36)24-10-8-22-25(39-24)18-23-21-9-11-26-30(2,3)27(40-28-19-35-16-17-38-28)12-13-34(26)20-33(21,34)15-14-32(22,23)6;1-2/h21-29,35-36H,7-20H2,1-6H3;1-2H3/t21?,22?,23?,24?,25?,26?,27-,28?,29?,32?,33?,34+;/m0./s1. The maximum absolute atomic E-state index is 10.9. The van der Waals surface area contributed by atoms with Gasteiger partial charge in [0.2, 0.25) is 0 Å². The monoisotopic (exact) mass is 589 g/mol. The minimum atomic E-state index is -0.888. The highest BCUT2D eigenvalue weighted by atomic mass is 16.7. The zero-order valence-corrected chi connectivity index (χ0v) is 28.2. The van der Waals surface area contributed by atoms with E-state index in [2.05, 4.69) is 26.1 Å². The van der Waals surface area contributed by atoms with Gasteiger partial charge in [0.15, 0.2) is 6.29 Å². The molecule has 0 bridgehead atoms. The van der Waals surface area contributed by atoms with E-state index in [9.17, 15) is 5.11 Å². The van der Waals surface area contributed by atoms with Crippen molar-refractivity contribution in [3.8, 4) is 0 Å². The minimum absolute atomic E-state index is 0.00124. The number of fused-ring (bicyclic) bond motifs is 4. The molecule has 7 aliphatic rings. The minimum Gasteiger partial charge on any atom is -0.388 e. The van der Waals surface area contributed by atoms with Crippen molar-refractivity contribution in [3.05, 3.63) is 0 Å². The molecule has 5 aliphatic carbocycles. The molecule has 5 saturated carbocycles. The van der Waals surface area contributed by atoms with Crippen LogP contribution in [0.1, 0.15) is 120 Å². The topological polar surface area (TPSA) is 69.2 Å². The number of hydrogen-bond acceptors (Lipinski definition) is 6. The van der Waals surface area contributed by atoms with Crippen LogP contribution in [0.25, 0.3) is 0 Å². The second-order valence-corrected chi connectivity index (χ2v) is 16.5. The van der Waals surface area contributed by atoms with Crippen LogP contribution in [0.3, 0.4) is 0 Å². The smallest absolute Gasteiger partial charge is 0.170 e. The number of hydrogen-bond donors (Lipinski definition) is 2. The van der Waals surface area contributed by atoms with Crippen LogP contribution < -0.4 is 5.32 Å². The van der Waals surface area contributed by atoms with E-state index in [4.69, 9.17) is 18.9 Å². The molecule has 242 valence electrons. The first-order valence-electron chi connectivity index (χ1n) is 17.9. The summed E-state index contributed by atoms with van der Waals surface area (Å²) in [5, 5.41) is 14.3. The molecule has 6 heteroatoms. The number of aliphatic hydroxyl groups is 1. The van der Waals surface area contributed by atoms with Crippen LogP contribution in [0.15, 0.2) is 0 Å². The number of nitrogens with one attached hydrogen (secondary N) is 1. The molecule has 0 aromatic heterocycles. The van der Waals surface area contributed by atoms with E-state index in [0.717, 1.165) is 43.9 Å². The molecule has 0 radical (unpaired) electrons. The highest BCUT2D eigenvalue weighted by Gasteiger charge is 2.80. The van der Waals surface area contributed by atoms with Gasteiger partial charge in [0, 0.05) is 19.7 Å². The van der Waals surface area contributed by atoms with Gasteiger partial charge in [0.05, 0.1) is 30.5 Å². The third kappa shape index (κ3) is 4.70. The van der Waals surface area contributed by atoms with Crippen molar-refractivity contribution in [2.24, 2.45) is 45.3 Å². The lowest BCUT2D eigenvalue weighted by Crippen LogP contribution is -2.56. The zero-order valence-electron chi connectivity index (χ0n) is 28.2. The van der Waals surface area contributed by atoms with Crippen LogP contribution in [0.2, 0.25) is 0 Å². The number of rotatable bonds is 6. The Balaban J connectivity index is 0.00000155. The average Bonchev–Trinajstić information content (AvgIpc) is 3.54. The lowest BCUT2D eigenvalue weighted by Gasteiger charge is -2.60. The molecule has 10 unspecified atom stereocenters. The van der Waals surface area contributed by atoms with Crippen LogP contribution in [-0.2, 0) is 18.9 Å². The molecule has 2 aliphatic heterocycles. The second kappa shape index (κ2) is 11.2. The largest absolute Gasteiger partial charge is 0.388 e. The van der Waals surface area contributed by atoms with Gasteiger partial charge in [0.1, 0.15) is 6.10 Å². The first-order chi connectivity index (χ1) is 20.0. The highest BCUT2D eigenvalue weighted by Crippen LogP contribution is 2.87. The summed E-state index contributed by atoms with van der Waals surface area (Å²) < 4.78 is 25.7. The fourth-order valence-corrected chi connectivity index (χ4v) is 12.5. The molecule has 7 rings (SSSR count). The molecule has 7 fully saturated rings. The van der Waals surface area contributed by atoms with Crippen molar-refractivity contribution < 1.29 is 24.1 Å². The van der Waals surface area contributed by atoms with Gasteiger partial charge in [-0.15, -0.1) is 0 Å². The third-order valence-electron chi connectivity index (χ3n) is 14.1. The van der Waals surface area contributed by atoms with Crippen molar-refractivity contribution >= 4 is 0 Å². The quantitative estimate of drug-likeness (QED) is 0.358. The molecular formula is C36H63NO5. The number of morpholine rings is 1. The Morgan fingerprint density at radius 2 is 1.71 bits per heavy atom. The van der Waals surface area contributed by atoms with E-state index in [1.54, 1.807) is 0 Å². The van der Waals surface area contributed by atoms with Gasteiger partial charge in [-0.1, -0.05) is 34.6 Å². The average molecular weight is 590 g/mol. The van der Waals surface area contributed by atoms with Gasteiger partial charge < -0.3 is 29.4 Å². The van der Waals surface area contributed by atoms with Crippen molar-refractivity contribution in [1.82, 2.24) is 5.32 Å². The molecule has 12 atom stereocenters. The van der Waals surface area contributed by atoms with Gasteiger partial charge >= 0.3 is 0 Å². The summed E-state index contributed by atoms with van der Waals surface area (Å²) in [5.74, 6) is 3.05. The van der Waals surface area contributed by atoms with Crippen LogP contribution in [0, 0.1) is 45.3 Å². The van der Waals surface area contributed by atoms with Crippen LogP contribution >= 0.6 is 0 Å². The summed E-state index contributed by atoms with van der Waals surface area (Å²) in [6.07, 6.45) is 13.3. The Labute approximate surface area is 256 Å². The Kier molecular flexibility index (Phi) is 8.48. The third-order valence-corrected chi connectivity index (χ3v) is 14.1. The van der Waals surface area contributed by atoms with E-state index in [1.807, 2.05) is 34.6 Å². The van der Waals surface area contributed by atoms with Gasteiger partial charge in [-0.25, -0.2) is 0 Å². The predicted octanol–water partition coefficient (Wildman–Crippen LogP) is 6.73. The SMILES string of the molecule is CC.CCOC(C1CCC2C(CC3C4CCC5C(C)(C)[C@@H](OC6CNCCO6)CC[C@@]56CC46CCC23C)O1)C(C)(C)O. The molecular weight excluding hydrogens is 526 g/mol. The molecule has 42 heavy (non-hydrogen) atoms. The molecule has 0 aromatic rings. The van der Waals surface area contributed by atoms with E-state index in [0.29, 0.717) is 41.0 Å². The number of ether oxygens (including phenoxy) is 4. The van der Waals surface area contributed by atoms with Gasteiger partial charge in [-0.05, 0) is 130 Å². The molecule has 2 N–H and O–H groups in total. The van der Waals surface area contributed by atoms with E-state index < -0.39 is 5.60 Å². The highest BCUT2D eigenvalue weighted by molar-refractivity contribution is 5.29. The fraction of sp³-hybridized carbons (Fsp3) is 1.00. The van der Waals surface area contributed by atoms with Crippen LogP contribution in [0.5, 0.6) is 0 Å². The van der Waals surface area contributed by atoms with Crippen molar-refractivity contribution in [1.29, 1.82) is 0 Å². The Morgan fingerprint density at radius 3 is 2.40 bits per heavy atom. The summed E-state index contributed by atoms with van der Waals surface area (Å²) >= 11 is 0. The summed E-state index contributed by atoms with van der Waals surface area (Å²) in [6.45, 7) is 20.6. The Morgan fingerprint density at radius 1 is 0.952 bits per heavy atom. The van der Waals surface area contributed by atoms with E-state index >= 15 is 0 Å². The second-order valence-electron chi connectivity index (χ2n) is 16.5. The van der Waals surface area contributed by atoms with Crippen molar-refractivity contribution in [2.75, 3.05) is 26.3 Å². The maximum Gasteiger partial charge on any atom is 0.170 e. The zero-order chi connectivity index (χ0) is 30.1. The predicted molar refractivity (Wildman–Crippen MR) is 166 cm³/mol. The normalized spacial score (nSPS) is 49.6. The maximum atomic E-state index is 10.9. The molecule has 0 amide bonds. The lowest BCUT2D eigenvalue weighted by molar-refractivity contribution is -0.232. The van der Waals surface area contributed by atoms with Gasteiger partial charge in [-0.3, -0.25) is 0 Å². The first kappa shape index (κ1) is 31.7. The molecule has 0 aromatic carbocycles. The van der Waals surface area contributed by atoms with Gasteiger partial charge in [-0.2, -0.15) is 0 Å². The summed E-state index contributed by atoms with van der Waals surface area (Å²) in [7, 11) is 0. The Bertz CT molecular complexity index is 959. The van der Waals surface area contributed by atoms with Crippen LogP contribution in [0.4, 0.5) is 0 Å². The molecule has 2 heterocycles. The van der Waals surface area contributed by atoms with Crippen LogP contribution in [-0.4, -0.2) is 67.7 Å². The van der Waals surface area contributed by atoms with E-state index in [-0.39, 0.29) is 23.9 Å². The van der Waals surface area contributed by atoms with E-state index in [1.165, 1.54) is 57.8 Å². The molecule has 6 nitrogen and oxygen atoms in total. The fourth-order valence-electron chi connectivity index (χ4n) is 12.5. The molecule has 2 spiro atoms. The van der Waals surface area contributed by atoms with Crippen molar-refractivity contribution in [3.63, 3.8) is 0 Å². The summed E-state index contributed by atoms with van der Waals surface area (Å²) in [4.78, 5) is 0. The Hall–Kier alpha value is -0.240.